The second kappa shape index (κ2) is 17.2. The maximum absolute atomic E-state index is 13.3. The molecule has 294 valence electrons. The Morgan fingerprint density at radius 1 is 0.625 bits per heavy atom. The van der Waals surface area contributed by atoms with Gasteiger partial charge in [0.2, 0.25) is 23.6 Å². The maximum Gasteiger partial charge on any atom is 0.321 e. The quantitative estimate of drug-likeness (QED) is 0.131. The third-order valence-electron chi connectivity index (χ3n) is 10.5. The molecule has 2 heterocycles. The van der Waals surface area contributed by atoms with Gasteiger partial charge in [0, 0.05) is 29.3 Å². The summed E-state index contributed by atoms with van der Waals surface area (Å²) < 4.78 is 5.18. The largest absolute Gasteiger partial charge is 0.465 e. The number of hydrogen-bond donors (Lipinski definition) is 0. The van der Waals surface area contributed by atoms with Gasteiger partial charge < -0.3 is 4.74 Å². The van der Waals surface area contributed by atoms with E-state index in [1.54, 1.807) is 34.6 Å². The van der Waals surface area contributed by atoms with E-state index >= 15 is 0 Å². The average molecular weight is 757 g/mol. The zero-order valence-electron chi connectivity index (χ0n) is 34.1. The number of esters is 1. The molecular formula is C48H56N2O6. The van der Waals surface area contributed by atoms with Crippen molar-refractivity contribution in [3.8, 4) is 22.3 Å². The molecule has 4 amide bonds. The lowest BCUT2D eigenvalue weighted by Crippen LogP contribution is -2.48. The van der Waals surface area contributed by atoms with Crippen LogP contribution in [-0.4, -0.2) is 58.1 Å². The molecule has 0 spiro atoms. The average Bonchev–Trinajstić information content (AvgIpc) is 3.66. The van der Waals surface area contributed by atoms with Crippen molar-refractivity contribution in [1.82, 2.24) is 9.80 Å². The first-order valence-corrected chi connectivity index (χ1v) is 19.6. The molecule has 4 aromatic rings. The van der Waals surface area contributed by atoms with E-state index in [1.165, 1.54) is 20.9 Å². The molecule has 6 rings (SSSR count). The van der Waals surface area contributed by atoms with Crippen LogP contribution in [0.4, 0.5) is 0 Å². The fourth-order valence-electron chi connectivity index (χ4n) is 7.37. The monoisotopic (exact) mass is 756 g/mol. The molecule has 0 saturated carbocycles. The van der Waals surface area contributed by atoms with Gasteiger partial charge in [0.05, 0.1) is 6.61 Å². The van der Waals surface area contributed by atoms with Crippen LogP contribution in [0.25, 0.3) is 22.3 Å². The summed E-state index contributed by atoms with van der Waals surface area (Å²) in [6.07, 6.45) is 2.70. The first-order valence-electron chi connectivity index (χ1n) is 19.6. The Morgan fingerprint density at radius 2 is 1.04 bits per heavy atom. The third-order valence-corrected chi connectivity index (χ3v) is 10.5. The standard InChI is InChI=1S/C26H31NO4.C22H25NO2/c1-6-31-24(30)26(5)17-21(27(23(26)29)22(28)25(2,3)4)16-18-12-14-20(15-13-18)19-10-8-7-9-11-19;1-22(2,3)21(25)23-19(13-14-20(23)24)15-16-9-11-18(12-10-16)17-7-5-4-6-8-17/h7-15,21H,6,16-17H2,1-5H3;4-12,19H,13-15H2,1-3H3/t21-,26?;19-/m10/s1. The molecule has 0 aliphatic carbocycles. The molecule has 2 saturated heterocycles. The lowest BCUT2D eigenvalue weighted by molar-refractivity contribution is -0.162. The van der Waals surface area contributed by atoms with E-state index < -0.39 is 34.2 Å². The number of nitrogens with zero attached hydrogens (tertiary/aromatic N) is 2. The van der Waals surface area contributed by atoms with E-state index in [4.69, 9.17) is 4.74 Å². The van der Waals surface area contributed by atoms with Crippen molar-refractivity contribution < 1.29 is 28.7 Å². The van der Waals surface area contributed by atoms with Gasteiger partial charge in [0.15, 0.2) is 0 Å². The summed E-state index contributed by atoms with van der Waals surface area (Å²) in [5, 5.41) is 0. The fourth-order valence-corrected chi connectivity index (χ4v) is 7.37. The molecule has 0 N–H and O–H groups in total. The first-order chi connectivity index (χ1) is 26.4. The minimum atomic E-state index is -1.34. The predicted octanol–water partition coefficient (Wildman–Crippen LogP) is 9.10. The van der Waals surface area contributed by atoms with Crippen LogP contribution in [0.15, 0.2) is 109 Å². The highest BCUT2D eigenvalue weighted by atomic mass is 16.5. The Hall–Kier alpha value is -5.37. The highest BCUT2D eigenvalue weighted by Crippen LogP contribution is 2.41. The topological polar surface area (TPSA) is 101 Å². The van der Waals surface area contributed by atoms with E-state index in [-0.39, 0.29) is 36.8 Å². The summed E-state index contributed by atoms with van der Waals surface area (Å²) in [5.74, 6) is -1.39. The number of carbonyl (C=O) groups is 5. The number of carbonyl (C=O) groups excluding carboxylic acids is 5. The van der Waals surface area contributed by atoms with Crippen molar-refractivity contribution in [2.75, 3.05) is 6.61 Å². The fraction of sp³-hybridized carbons (Fsp3) is 0.396. The molecule has 3 atom stereocenters. The zero-order valence-corrected chi connectivity index (χ0v) is 34.1. The minimum absolute atomic E-state index is 0.0261. The third kappa shape index (κ3) is 9.52. The molecule has 0 radical (unpaired) electrons. The second-order valence-corrected chi connectivity index (χ2v) is 17.2. The Kier molecular flexibility index (Phi) is 12.8. The van der Waals surface area contributed by atoms with Crippen LogP contribution >= 0.6 is 0 Å². The van der Waals surface area contributed by atoms with Gasteiger partial charge in [0.1, 0.15) is 5.41 Å². The highest BCUT2D eigenvalue weighted by Gasteiger charge is 2.57. The Balaban J connectivity index is 0.000000219. The molecule has 1 unspecified atom stereocenters. The number of ether oxygens (including phenoxy) is 1. The number of amides is 4. The summed E-state index contributed by atoms with van der Waals surface area (Å²) in [7, 11) is 0. The zero-order chi connectivity index (χ0) is 40.8. The molecule has 56 heavy (non-hydrogen) atoms. The first kappa shape index (κ1) is 41.8. The molecular weight excluding hydrogens is 701 g/mol. The molecule has 0 aromatic heterocycles. The second-order valence-electron chi connectivity index (χ2n) is 17.2. The molecule has 8 heteroatoms. The summed E-state index contributed by atoms with van der Waals surface area (Å²) in [6.45, 7) is 14.5. The van der Waals surface area contributed by atoms with Crippen molar-refractivity contribution >= 4 is 29.6 Å². The summed E-state index contributed by atoms with van der Waals surface area (Å²) in [5.41, 5.74) is 4.16. The van der Waals surface area contributed by atoms with Crippen molar-refractivity contribution in [2.45, 2.75) is 99.6 Å². The van der Waals surface area contributed by atoms with Crippen molar-refractivity contribution in [3.63, 3.8) is 0 Å². The van der Waals surface area contributed by atoms with Crippen LogP contribution in [0.2, 0.25) is 0 Å². The maximum atomic E-state index is 13.3. The number of hydrogen-bond acceptors (Lipinski definition) is 6. The lowest BCUT2D eigenvalue weighted by Gasteiger charge is -2.29. The number of rotatable bonds is 8. The van der Waals surface area contributed by atoms with Crippen LogP contribution in [-0.2, 0) is 41.6 Å². The minimum Gasteiger partial charge on any atom is -0.465 e. The summed E-state index contributed by atoms with van der Waals surface area (Å²) >= 11 is 0. The van der Waals surface area contributed by atoms with E-state index in [1.807, 2.05) is 81.4 Å². The molecule has 0 bridgehead atoms. The Bertz CT molecular complexity index is 2010. The van der Waals surface area contributed by atoms with Gasteiger partial charge in [-0.15, -0.1) is 0 Å². The predicted molar refractivity (Wildman–Crippen MR) is 220 cm³/mol. The lowest BCUT2D eigenvalue weighted by atomic mass is 9.86. The van der Waals surface area contributed by atoms with Crippen molar-refractivity contribution in [3.05, 3.63) is 120 Å². The smallest absolute Gasteiger partial charge is 0.321 e. The molecule has 2 fully saturated rings. The van der Waals surface area contributed by atoms with Gasteiger partial charge in [-0.2, -0.15) is 0 Å². The summed E-state index contributed by atoms with van der Waals surface area (Å²) in [4.78, 5) is 66.7. The molecule has 2 aliphatic rings. The van der Waals surface area contributed by atoms with E-state index in [9.17, 15) is 24.0 Å². The van der Waals surface area contributed by atoms with E-state index in [0.717, 1.165) is 35.1 Å². The van der Waals surface area contributed by atoms with E-state index in [0.29, 0.717) is 12.8 Å². The van der Waals surface area contributed by atoms with Crippen LogP contribution in [0.5, 0.6) is 0 Å². The van der Waals surface area contributed by atoms with Gasteiger partial charge >= 0.3 is 5.97 Å². The normalized spacial score (nSPS) is 19.7. The SMILES string of the molecule is CC(C)(C)C(=O)N1C(=O)CC[C@H]1Cc1ccc(-c2ccccc2)cc1.CCOC(=O)C1(C)C[C@@H](Cc2ccc(-c3ccccc3)cc2)N(C(=O)C(C)(C)C)C1=O. The van der Waals surface area contributed by atoms with E-state index in [2.05, 4.69) is 48.5 Å². The Morgan fingerprint density at radius 3 is 1.46 bits per heavy atom. The Labute approximate surface area is 332 Å². The van der Waals surface area contributed by atoms with Gasteiger partial charge in [-0.05, 0) is 72.9 Å². The summed E-state index contributed by atoms with van der Waals surface area (Å²) in [6, 6.07) is 36.5. The molecule has 8 nitrogen and oxygen atoms in total. The van der Waals surface area contributed by atoms with Gasteiger partial charge in [-0.25, -0.2) is 0 Å². The van der Waals surface area contributed by atoms with Gasteiger partial charge in [-0.1, -0.05) is 151 Å². The molecule has 2 aliphatic heterocycles. The molecule has 4 aromatic carbocycles. The van der Waals surface area contributed by atoms with Gasteiger partial charge in [-0.3, -0.25) is 33.8 Å². The van der Waals surface area contributed by atoms with Crippen LogP contribution in [0.3, 0.4) is 0 Å². The van der Waals surface area contributed by atoms with Gasteiger partial charge in [0.25, 0.3) is 0 Å². The number of benzene rings is 4. The number of imide groups is 2. The number of likely N-dealkylation sites (tertiary alicyclic amines) is 2. The van der Waals surface area contributed by atoms with Crippen molar-refractivity contribution in [1.29, 1.82) is 0 Å². The highest BCUT2D eigenvalue weighted by molar-refractivity contribution is 6.11. The van der Waals surface area contributed by atoms with Crippen LogP contribution < -0.4 is 0 Å². The van der Waals surface area contributed by atoms with Crippen LogP contribution in [0, 0.1) is 16.2 Å². The van der Waals surface area contributed by atoms with Crippen molar-refractivity contribution in [2.24, 2.45) is 16.2 Å². The van der Waals surface area contributed by atoms with Crippen LogP contribution in [0.1, 0.15) is 85.8 Å².